The molecule has 1 aliphatic heterocycles. The molecule has 428 valence electrons. The monoisotopic (exact) mass is 1130 g/mol. The molecule has 80 heavy (non-hydrogen) atoms. The number of imidazole rings is 1. The number of guanidine groups is 1. The van der Waals surface area contributed by atoms with Crippen LogP contribution in [0.3, 0.4) is 0 Å². The quantitative estimate of drug-likeness (QED) is 0.0361. The number of para-hydroxylation sites is 1. The van der Waals surface area contributed by atoms with Gasteiger partial charge in [0.15, 0.2) is 5.96 Å². The van der Waals surface area contributed by atoms with Gasteiger partial charge < -0.3 is 64.4 Å². The van der Waals surface area contributed by atoms with Crippen LogP contribution in [-0.4, -0.2) is 128 Å². The van der Waals surface area contributed by atoms with Crippen LogP contribution in [0.1, 0.15) is 87.7 Å². The molecule has 0 unspecified atom stereocenters. The van der Waals surface area contributed by atoms with Crippen molar-refractivity contribution in [1.29, 1.82) is 0 Å². The number of aromatic nitrogens is 3. The first-order chi connectivity index (χ1) is 38.3. The average Bonchev–Trinajstić information content (AvgIpc) is 4.11. The molecule has 0 bridgehead atoms. The minimum absolute atomic E-state index is 0.0360. The number of unbranched alkanes of at least 4 members (excludes halogenated alkanes) is 1. The minimum atomic E-state index is -1.38. The number of benzene rings is 3. The number of thioether (sulfide) groups is 2. The third-order valence-corrected chi connectivity index (χ3v) is 16.1. The fourth-order valence-electron chi connectivity index (χ4n) is 9.12. The van der Waals surface area contributed by atoms with Crippen molar-refractivity contribution in [3.63, 3.8) is 0 Å². The van der Waals surface area contributed by atoms with Gasteiger partial charge >= 0.3 is 0 Å². The lowest BCUT2D eigenvalue weighted by Gasteiger charge is -2.35. The van der Waals surface area contributed by atoms with Crippen LogP contribution in [0.2, 0.25) is 0 Å². The fourth-order valence-corrected chi connectivity index (χ4v) is 11.4. The molecule has 0 fully saturated rings. The standard InChI is InChI=1S/C56H74N14O8S2/c1-5-6-20-41(64-33(2)71)50(74)70-47-54(78)68-45(26-38-28-60-32-63-38)53(77)66-43(24-34-15-8-7-9-16-34)51(75)65-42(22-14-23-61-55(58)59)49(73)67-44(25-37-27-62-40-21-13-12-19-39(37)40)52(76)69-46(48(57)72)31-79-29-35-17-10-11-18-36(35)30-80-56(47,3)4/h7-13,15-19,21,27-28,32,41-47,62H,5-6,14,20,22-26,29-31H2,1-4H3,(H2,57,72)(H,60,63)(H,64,71)(H,65,75)(H,66,77)(H,67,73)(H,68,78)(H,69,76)(H,70,74)(H4,58,59,61)/t41-,42-,43+,44-,45-,46-,47+/m0/s1. The summed E-state index contributed by atoms with van der Waals surface area (Å²) >= 11 is 2.72. The summed E-state index contributed by atoms with van der Waals surface area (Å²) in [6.45, 7) is 6.93. The number of nitrogens with zero attached hydrogens (tertiary/aromatic N) is 2. The second kappa shape index (κ2) is 29.9. The third-order valence-electron chi connectivity index (χ3n) is 13.5. The van der Waals surface area contributed by atoms with Crippen LogP contribution in [0.15, 0.2) is 103 Å². The smallest absolute Gasteiger partial charge is 0.244 e. The Balaban J connectivity index is 1.44. The Morgan fingerprint density at radius 3 is 2.01 bits per heavy atom. The number of nitrogens with two attached hydrogens (primary N) is 3. The molecule has 0 aliphatic carbocycles. The van der Waals surface area contributed by atoms with E-state index in [-0.39, 0.29) is 50.4 Å². The van der Waals surface area contributed by atoms with E-state index in [1.54, 1.807) is 50.4 Å². The van der Waals surface area contributed by atoms with E-state index in [1.165, 1.54) is 43.0 Å². The lowest BCUT2D eigenvalue weighted by molar-refractivity contribution is -0.135. The summed E-state index contributed by atoms with van der Waals surface area (Å²) in [6.07, 6.45) is 6.19. The van der Waals surface area contributed by atoms with Crippen molar-refractivity contribution in [2.45, 2.75) is 138 Å². The normalized spacial score (nSPS) is 21.2. The van der Waals surface area contributed by atoms with Crippen molar-refractivity contribution in [2.75, 3.05) is 12.3 Å². The molecule has 0 radical (unpaired) electrons. The molecule has 24 heteroatoms. The molecule has 3 aromatic carbocycles. The highest BCUT2D eigenvalue weighted by Gasteiger charge is 2.41. The van der Waals surface area contributed by atoms with Gasteiger partial charge in [0.1, 0.15) is 42.3 Å². The molecule has 22 nitrogen and oxygen atoms in total. The van der Waals surface area contributed by atoms with Gasteiger partial charge in [-0.3, -0.25) is 43.3 Å². The van der Waals surface area contributed by atoms with Gasteiger partial charge in [0.2, 0.25) is 47.3 Å². The first-order valence-corrected chi connectivity index (χ1v) is 28.7. The number of hydrogen-bond acceptors (Lipinski definition) is 12. The number of aromatic amines is 2. The Morgan fingerprint density at radius 2 is 1.35 bits per heavy atom. The number of carbonyl (C=O) groups is 8. The Morgan fingerprint density at radius 1 is 0.738 bits per heavy atom. The number of carbonyl (C=O) groups excluding carboxylic acids is 8. The minimum Gasteiger partial charge on any atom is -0.370 e. The van der Waals surface area contributed by atoms with Crippen molar-refractivity contribution in [2.24, 2.45) is 22.2 Å². The van der Waals surface area contributed by atoms with Crippen LogP contribution in [0.25, 0.3) is 10.9 Å². The predicted octanol–water partition coefficient (Wildman–Crippen LogP) is 2.02. The Kier molecular flexibility index (Phi) is 23.0. The summed E-state index contributed by atoms with van der Waals surface area (Å²) in [5, 5.41) is 20.7. The molecule has 7 atom stereocenters. The van der Waals surface area contributed by atoms with Gasteiger partial charge in [-0.1, -0.05) is 92.6 Å². The van der Waals surface area contributed by atoms with E-state index in [1.807, 2.05) is 55.5 Å². The van der Waals surface area contributed by atoms with Gasteiger partial charge in [-0.2, -0.15) is 11.8 Å². The number of rotatable bonds is 17. The van der Waals surface area contributed by atoms with Crippen LogP contribution >= 0.6 is 23.5 Å². The highest BCUT2D eigenvalue weighted by atomic mass is 32.2. The van der Waals surface area contributed by atoms with Crippen molar-refractivity contribution in [3.05, 3.63) is 126 Å². The molecule has 8 amide bonds. The van der Waals surface area contributed by atoms with E-state index in [4.69, 9.17) is 17.2 Å². The molecule has 0 spiro atoms. The van der Waals surface area contributed by atoms with E-state index in [9.17, 15) is 33.6 Å². The van der Waals surface area contributed by atoms with Gasteiger partial charge in [0, 0.05) is 83.7 Å². The number of amides is 8. The van der Waals surface area contributed by atoms with Crippen LogP contribution in [0.5, 0.6) is 0 Å². The largest absolute Gasteiger partial charge is 0.370 e. The second-order valence-electron chi connectivity index (χ2n) is 20.2. The van der Waals surface area contributed by atoms with E-state index in [0.29, 0.717) is 41.2 Å². The lowest BCUT2D eigenvalue weighted by Crippen LogP contribution is -2.63. The first kappa shape index (κ1) is 61.4. The summed E-state index contributed by atoms with van der Waals surface area (Å²) in [6, 6.07) is 15.0. The zero-order valence-corrected chi connectivity index (χ0v) is 47.1. The molecule has 15 N–H and O–H groups in total. The third kappa shape index (κ3) is 18.4. The lowest BCUT2D eigenvalue weighted by atomic mass is 9.99. The van der Waals surface area contributed by atoms with Gasteiger partial charge in [-0.25, -0.2) is 4.98 Å². The van der Waals surface area contributed by atoms with Gasteiger partial charge in [-0.15, -0.1) is 11.8 Å². The van der Waals surface area contributed by atoms with E-state index in [0.717, 1.165) is 28.5 Å². The summed E-state index contributed by atoms with van der Waals surface area (Å²) in [7, 11) is 0. The topological polar surface area (TPSA) is 356 Å². The molecule has 6 rings (SSSR count). The Bertz CT molecular complexity index is 2950. The van der Waals surface area contributed by atoms with E-state index < -0.39 is 94.3 Å². The molecule has 0 saturated heterocycles. The molecule has 3 heterocycles. The number of nitrogens with one attached hydrogen (secondary N) is 9. The number of primary amides is 1. The maximum atomic E-state index is 15.1. The highest BCUT2D eigenvalue weighted by Crippen LogP contribution is 2.34. The summed E-state index contributed by atoms with van der Waals surface area (Å²) in [5.74, 6) is -5.02. The zero-order valence-electron chi connectivity index (χ0n) is 45.5. The summed E-state index contributed by atoms with van der Waals surface area (Å²) in [5.41, 5.74) is 21.6. The van der Waals surface area contributed by atoms with Crippen molar-refractivity contribution in [1.82, 2.24) is 52.2 Å². The second-order valence-corrected chi connectivity index (χ2v) is 22.9. The van der Waals surface area contributed by atoms with E-state index in [2.05, 4.69) is 57.2 Å². The van der Waals surface area contributed by atoms with Gasteiger partial charge in [0.25, 0.3) is 0 Å². The summed E-state index contributed by atoms with van der Waals surface area (Å²) < 4.78 is -1.11. The van der Waals surface area contributed by atoms with Crippen LogP contribution in [0.4, 0.5) is 0 Å². The van der Waals surface area contributed by atoms with Crippen LogP contribution < -0.4 is 54.4 Å². The van der Waals surface area contributed by atoms with E-state index >= 15 is 4.79 Å². The van der Waals surface area contributed by atoms with Crippen molar-refractivity contribution < 1.29 is 38.4 Å². The summed E-state index contributed by atoms with van der Waals surface area (Å²) in [4.78, 5) is 128. The average molecular weight is 1140 g/mol. The highest BCUT2D eigenvalue weighted by molar-refractivity contribution is 8.00. The maximum absolute atomic E-state index is 15.1. The van der Waals surface area contributed by atoms with Gasteiger partial charge in [-0.05, 0) is 61.4 Å². The number of hydrogen-bond donors (Lipinski definition) is 12. The Labute approximate surface area is 473 Å². The number of aliphatic imine (C=N–C) groups is 1. The maximum Gasteiger partial charge on any atom is 0.244 e. The molecule has 1 aliphatic rings. The number of fused-ring (bicyclic) bond motifs is 2. The van der Waals surface area contributed by atoms with Crippen molar-refractivity contribution in [3.8, 4) is 0 Å². The van der Waals surface area contributed by atoms with Crippen LogP contribution in [-0.2, 0) is 69.1 Å². The molecular weight excluding hydrogens is 1060 g/mol. The zero-order chi connectivity index (χ0) is 57.8. The molecule has 2 aromatic heterocycles. The van der Waals surface area contributed by atoms with Crippen LogP contribution in [0, 0.1) is 0 Å². The fraction of sp³-hybridized carbons (Fsp3) is 0.429. The SMILES string of the molecule is CCCC[C@H](NC(C)=O)C(=O)N[C@@H]1C(=O)N[C@@H](Cc2cnc[nH]2)C(=O)N[C@H](Cc2ccccc2)C(=O)N[C@@H](CCCN=C(N)N)C(=O)N[C@@H](Cc2c[nH]c3ccccc23)C(=O)N[C@H](C(N)=O)CSCc2ccccc2CSC1(C)C. The Hall–Kier alpha value is -7.86. The number of H-pyrrole nitrogens is 2. The predicted molar refractivity (Wildman–Crippen MR) is 310 cm³/mol. The molecule has 0 saturated carbocycles. The molecular formula is C56H74N14O8S2. The first-order valence-electron chi connectivity index (χ1n) is 26.6. The molecule has 5 aromatic rings. The van der Waals surface area contributed by atoms with Crippen molar-refractivity contribution >= 4 is 87.6 Å². The van der Waals surface area contributed by atoms with Gasteiger partial charge in [0.05, 0.1) is 6.33 Å².